The van der Waals surface area contributed by atoms with E-state index in [1.54, 1.807) is 12.3 Å². The van der Waals surface area contributed by atoms with Crippen molar-refractivity contribution in [2.75, 3.05) is 0 Å². The molecule has 0 aliphatic heterocycles. The van der Waals surface area contributed by atoms with E-state index in [4.69, 9.17) is 5.11 Å². The number of carbonyl (C=O) groups is 1. The van der Waals surface area contributed by atoms with E-state index in [9.17, 15) is 4.79 Å². The van der Waals surface area contributed by atoms with Crippen LogP contribution in [0.1, 0.15) is 18.2 Å². The number of rotatable bonds is 3. The van der Waals surface area contributed by atoms with Crippen molar-refractivity contribution in [2.45, 2.75) is 19.8 Å². The summed E-state index contributed by atoms with van der Waals surface area (Å²) in [5.41, 5.74) is 1.74. The van der Waals surface area contributed by atoms with Crippen molar-refractivity contribution in [3.05, 3.63) is 29.6 Å². The lowest BCUT2D eigenvalue weighted by Gasteiger charge is -1.97. The molecule has 1 heterocycles. The summed E-state index contributed by atoms with van der Waals surface area (Å²) in [5.74, 6) is -0.818. The highest BCUT2D eigenvalue weighted by Crippen LogP contribution is 2.01. The Morgan fingerprint density at radius 2 is 2.33 bits per heavy atom. The first kappa shape index (κ1) is 8.71. The molecule has 0 aliphatic carbocycles. The zero-order valence-electron chi connectivity index (χ0n) is 6.95. The first-order valence-corrected chi connectivity index (χ1v) is 3.88. The fourth-order valence-electron chi connectivity index (χ4n) is 0.943. The van der Waals surface area contributed by atoms with Crippen LogP contribution in [0, 0.1) is 0 Å². The van der Waals surface area contributed by atoms with Gasteiger partial charge in [0.05, 0.1) is 6.42 Å². The molecule has 0 atom stereocenters. The number of nitrogens with zero attached hydrogens (tertiary/aromatic N) is 1. The van der Waals surface area contributed by atoms with Crippen molar-refractivity contribution in [2.24, 2.45) is 0 Å². The second kappa shape index (κ2) is 3.85. The van der Waals surface area contributed by atoms with Crippen molar-refractivity contribution in [3.8, 4) is 0 Å². The van der Waals surface area contributed by atoms with Gasteiger partial charge < -0.3 is 5.11 Å². The molecule has 1 N–H and O–H groups in total. The molecule has 0 bridgehead atoms. The van der Waals surface area contributed by atoms with Crippen LogP contribution < -0.4 is 0 Å². The standard InChI is InChI=1S/C9H11NO2/c1-2-8-4-3-7(6-10-8)5-9(11)12/h3-4,6H,2,5H2,1H3,(H,11,12). The van der Waals surface area contributed by atoms with E-state index < -0.39 is 5.97 Å². The van der Waals surface area contributed by atoms with E-state index in [0.29, 0.717) is 0 Å². The molecule has 0 radical (unpaired) electrons. The van der Waals surface area contributed by atoms with E-state index in [1.165, 1.54) is 0 Å². The molecule has 1 aromatic heterocycles. The number of aliphatic carboxylic acids is 1. The number of aromatic nitrogens is 1. The number of carboxylic acid groups (broad SMARTS) is 1. The Hall–Kier alpha value is -1.38. The van der Waals surface area contributed by atoms with Crippen molar-refractivity contribution in [1.29, 1.82) is 0 Å². The highest BCUT2D eigenvalue weighted by Gasteiger charge is 1.99. The highest BCUT2D eigenvalue weighted by atomic mass is 16.4. The van der Waals surface area contributed by atoms with Gasteiger partial charge in [-0.25, -0.2) is 0 Å². The average molecular weight is 165 g/mol. The molecule has 1 aromatic rings. The van der Waals surface area contributed by atoms with Gasteiger partial charge in [-0.2, -0.15) is 0 Å². The van der Waals surface area contributed by atoms with Gasteiger partial charge in [0, 0.05) is 11.9 Å². The second-order valence-electron chi connectivity index (χ2n) is 2.58. The van der Waals surface area contributed by atoms with Gasteiger partial charge >= 0.3 is 5.97 Å². The molecule has 0 saturated carbocycles. The maximum atomic E-state index is 10.3. The van der Waals surface area contributed by atoms with Crippen LogP contribution in [-0.2, 0) is 17.6 Å². The zero-order valence-corrected chi connectivity index (χ0v) is 6.95. The van der Waals surface area contributed by atoms with Gasteiger partial charge in [-0.3, -0.25) is 9.78 Å². The molecule has 0 aliphatic rings. The quantitative estimate of drug-likeness (QED) is 0.733. The smallest absolute Gasteiger partial charge is 0.307 e. The Labute approximate surface area is 71.1 Å². The Morgan fingerprint density at radius 3 is 2.75 bits per heavy atom. The Bertz CT molecular complexity index is 266. The molecular formula is C9H11NO2. The molecule has 3 nitrogen and oxygen atoms in total. The molecule has 0 fully saturated rings. The summed E-state index contributed by atoms with van der Waals surface area (Å²) in [5, 5.41) is 8.47. The highest BCUT2D eigenvalue weighted by molar-refractivity contribution is 5.69. The fraction of sp³-hybridized carbons (Fsp3) is 0.333. The van der Waals surface area contributed by atoms with Crippen molar-refractivity contribution in [3.63, 3.8) is 0 Å². The normalized spacial score (nSPS) is 9.75. The van der Waals surface area contributed by atoms with Gasteiger partial charge in [-0.1, -0.05) is 13.0 Å². The lowest BCUT2D eigenvalue weighted by Crippen LogP contribution is -2.00. The molecule has 0 aromatic carbocycles. The van der Waals surface area contributed by atoms with Gasteiger partial charge in [0.1, 0.15) is 0 Å². The number of pyridine rings is 1. The number of aryl methyl sites for hydroxylation is 1. The number of carboxylic acids is 1. The predicted molar refractivity (Wildman–Crippen MR) is 45.0 cm³/mol. The van der Waals surface area contributed by atoms with Crippen molar-refractivity contribution in [1.82, 2.24) is 4.98 Å². The maximum Gasteiger partial charge on any atom is 0.307 e. The third-order valence-corrected chi connectivity index (χ3v) is 1.60. The summed E-state index contributed by atoms with van der Waals surface area (Å²) in [6.45, 7) is 2.01. The predicted octanol–water partition coefficient (Wildman–Crippen LogP) is 1.27. The van der Waals surface area contributed by atoms with Crippen LogP contribution in [0.25, 0.3) is 0 Å². The lowest BCUT2D eigenvalue weighted by atomic mass is 10.2. The van der Waals surface area contributed by atoms with Crippen LogP contribution in [0.5, 0.6) is 0 Å². The summed E-state index contributed by atoms with van der Waals surface area (Å²) in [6.07, 6.45) is 2.55. The zero-order chi connectivity index (χ0) is 8.97. The molecule has 0 unspecified atom stereocenters. The Balaban J connectivity index is 2.71. The molecule has 0 amide bonds. The largest absolute Gasteiger partial charge is 0.481 e. The summed E-state index contributed by atoms with van der Waals surface area (Å²) in [4.78, 5) is 14.4. The van der Waals surface area contributed by atoms with Gasteiger partial charge in [0.25, 0.3) is 0 Å². The maximum absolute atomic E-state index is 10.3. The molecule has 12 heavy (non-hydrogen) atoms. The van der Waals surface area contributed by atoms with Gasteiger partial charge in [-0.05, 0) is 18.1 Å². The summed E-state index contributed by atoms with van der Waals surface area (Å²) >= 11 is 0. The molecule has 0 spiro atoms. The third kappa shape index (κ3) is 2.34. The summed E-state index contributed by atoms with van der Waals surface area (Å²) in [7, 11) is 0. The molecule has 3 heteroatoms. The monoisotopic (exact) mass is 165 g/mol. The van der Waals surface area contributed by atoms with Crippen molar-refractivity contribution >= 4 is 5.97 Å². The molecule has 64 valence electrons. The summed E-state index contributed by atoms with van der Waals surface area (Å²) in [6, 6.07) is 3.66. The number of hydrogen-bond acceptors (Lipinski definition) is 2. The van der Waals surface area contributed by atoms with Crippen LogP contribution in [0.15, 0.2) is 18.3 Å². The van der Waals surface area contributed by atoms with E-state index in [-0.39, 0.29) is 6.42 Å². The molecular weight excluding hydrogens is 154 g/mol. The third-order valence-electron chi connectivity index (χ3n) is 1.60. The first-order chi connectivity index (χ1) is 5.72. The van der Waals surface area contributed by atoms with E-state index in [0.717, 1.165) is 17.7 Å². The van der Waals surface area contributed by atoms with Gasteiger partial charge in [0.15, 0.2) is 0 Å². The van der Waals surface area contributed by atoms with Gasteiger partial charge in [-0.15, -0.1) is 0 Å². The minimum atomic E-state index is -0.818. The lowest BCUT2D eigenvalue weighted by molar-refractivity contribution is -0.136. The molecule has 1 rings (SSSR count). The SMILES string of the molecule is CCc1ccc(CC(=O)O)cn1. The van der Waals surface area contributed by atoms with E-state index >= 15 is 0 Å². The molecule has 0 saturated heterocycles. The first-order valence-electron chi connectivity index (χ1n) is 3.88. The summed E-state index contributed by atoms with van der Waals surface area (Å²) < 4.78 is 0. The van der Waals surface area contributed by atoms with Crippen LogP contribution in [0.3, 0.4) is 0 Å². The van der Waals surface area contributed by atoms with Crippen molar-refractivity contribution < 1.29 is 9.90 Å². The minimum absolute atomic E-state index is 0.0526. The van der Waals surface area contributed by atoms with E-state index in [1.807, 2.05) is 13.0 Å². The Morgan fingerprint density at radius 1 is 1.58 bits per heavy atom. The second-order valence-corrected chi connectivity index (χ2v) is 2.58. The topological polar surface area (TPSA) is 50.2 Å². The Kier molecular flexibility index (Phi) is 2.80. The van der Waals surface area contributed by atoms with Gasteiger partial charge in [0.2, 0.25) is 0 Å². The van der Waals surface area contributed by atoms with Crippen LogP contribution in [-0.4, -0.2) is 16.1 Å². The fourth-order valence-corrected chi connectivity index (χ4v) is 0.943. The number of hydrogen-bond donors (Lipinski definition) is 1. The van der Waals surface area contributed by atoms with Crippen LogP contribution in [0.2, 0.25) is 0 Å². The van der Waals surface area contributed by atoms with Crippen LogP contribution >= 0.6 is 0 Å². The average Bonchev–Trinajstić information content (AvgIpc) is 2.05. The van der Waals surface area contributed by atoms with E-state index in [2.05, 4.69) is 4.98 Å². The van der Waals surface area contributed by atoms with Crippen LogP contribution in [0.4, 0.5) is 0 Å². The minimum Gasteiger partial charge on any atom is -0.481 e.